The van der Waals surface area contributed by atoms with Crippen LogP contribution in [0.25, 0.3) is 10.9 Å². The predicted molar refractivity (Wildman–Crippen MR) is 200 cm³/mol. The van der Waals surface area contributed by atoms with Crippen molar-refractivity contribution in [3.05, 3.63) is 119 Å². The Morgan fingerprint density at radius 2 is 1.69 bits per heavy atom. The number of benzene rings is 2. The number of hydrogen-bond donors (Lipinski definition) is 4. The molecule has 4 N–H and O–H groups in total. The van der Waals surface area contributed by atoms with Crippen molar-refractivity contribution in [1.29, 1.82) is 0 Å². The van der Waals surface area contributed by atoms with Crippen molar-refractivity contribution in [2.45, 2.75) is 70.3 Å². The van der Waals surface area contributed by atoms with Crippen LogP contribution in [0.2, 0.25) is 0 Å². The lowest BCUT2D eigenvalue weighted by Crippen LogP contribution is -2.57. The molecule has 0 unspecified atom stereocenters. The van der Waals surface area contributed by atoms with Crippen molar-refractivity contribution in [3.63, 3.8) is 0 Å². The number of carboxylic acids is 1. The van der Waals surface area contributed by atoms with Crippen LogP contribution in [0.1, 0.15) is 46.5 Å². The van der Waals surface area contributed by atoms with E-state index in [4.69, 9.17) is 0 Å². The second-order valence-corrected chi connectivity index (χ2v) is 14.4. The molecule has 17 heteroatoms. The number of aliphatic carboxylic acids is 1. The van der Waals surface area contributed by atoms with Crippen molar-refractivity contribution in [1.82, 2.24) is 29.5 Å². The quantitative estimate of drug-likeness (QED) is 0.0957. The molecule has 3 aromatic heterocycles. The first-order valence-electron chi connectivity index (χ1n) is 17.3. The van der Waals surface area contributed by atoms with Crippen LogP contribution in [0, 0.1) is 30.9 Å². The fourth-order valence-electron chi connectivity index (χ4n) is 7.09. The van der Waals surface area contributed by atoms with Gasteiger partial charge in [0.2, 0.25) is 17.7 Å². The third-order valence-electron chi connectivity index (χ3n) is 10.0. The van der Waals surface area contributed by atoms with E-state index in [1.54, 1.807) is 61.7 Å². The summed E-state index contributed by atoms with van der Waals surface area (Å²) in [5, 5.41) is 27.6. The van der Waals surface area contributed by atoms with E-state index in [1.165, 1.54) is 35.0 Å². The van der Waals surface area contributed by atoms with Gasteiger partial charge in [-0.25, -0.2) is 4.79 Å². The second-order valence-electron chi connectivity index (χ2n) is 13.4. The van der Waals surface area contributed by atoms with Crippen molar-refractivity contribution in [2.75, 3.05) is 12.3 Å². The van der Waals surface area contributed by atoms with Crippen LogP contribution in [-0.4, -0.2) is 83.1 Å². The van der Waals surface area contributed by atoms with Crippen molar-refractivity contribution >= 4 is 52.0 Å². The van der Waals surface area contributed by atoms with Gasteiger partial charge in [0, 0.05) is 54.2 Å². The van der Waals surface area contributed by atoms with Crippen LogP contribution in [0.5, 0.6) is 0 Å². The van der Waals surface area contributed by atoms with E-state index < -0.39 is 57.9 Å². The molecule has 1 saturated heterocycles. The monoisotopic (exact) mass is 757 g/mol. The number of likely N-dealkylation sites (tertiary alicyclic amines) is 1. The van der Waals surface area contributed by atoms with Crippen LogP contribution in [0.4, 0.5) is 5.69 Å². The summed E-state index contributed by atoms with van der Waals surface area (Å²) in [5.74, 6) is -2.94. The molecule has 0 spiro atoms. The molecular formula is C37H39N7O9S. The maximum Gasteiger partial charge on any atom is 0.326 e. The topological polar surface area (TPSA) is 218 Å². The van der Waals surface area contributed by atoms with Gasteiger partial charge in [-0.1, -0.05) is 36.4 Å². The highest BCUT2D eigenvalue weighted by molar-refractivity contribution is 7.99. The van der Waals surface area contributed by atoms with Crippen LogP contribution < -0.4 is 21.8 Å². The molecule has 0 saturated carbocycles. The van der Waals surface area contributed by atoms with E-state index in [2.05, 4.69) is 15.6 Å². The molecule has 0 aliphatic carbocycles. The number of aryl methyl sites for hydroxylation is 1. The van der Waals surface area contributed by atoms with Gasteiger partial charge in [0.05, 0.1) is 27.3 Å². The Kier molecular flexibility index (Phi) is 10.9. The van der Waals surface area contributed by atoms with Crippen LogP contribution in [0.15, 0.2) is 64.3 Å². The molecule has 3 atom stereocenters. The zero-order valence-electron chi connectivity index (χ0n) is 29.8. The molecule has 2 aromatic carbocycles. The van der Waals surface area contributed by atoms with Gasteiger partial charge in [-0.3, -0.25) is 38.6 Å². The Morgan fingerprint density at radius 1 is 0.963 bits per heavy atom. The molecule has 54 heavy (non-hydrogen) atoms. The lowest BCUT2D eigenvalue weighted by molar-refractivity contribution is -0.383. The van der Waals surface area contributed by atoms with E-state index in [0.29, 0.717) is 45.6 Å². The number of nitro groups is 1. The third kappa shape index (κ3) is 7.31. The number of H-pyrrole nitrogens is 1. The van der Waals surface area contributed by atoms with Crippen molar-refractivity contribution in [3.8, 4) is 0 Å². The molecule has 4 heterocycles. The molecule has 0 radical (unpaired) electrons. The number of carbonyl (C=O) groups excluding carboxylic acids is 3. The maximum absolute atomic E-state index is 14.2. The highest BCUT2D eigenvalue weighted by atomic mass is 32.2. The number of non-ortho nitro benzene ring substituents is 1. The standard InChI is InChI=1S/C37H39N7O9S/c1-20-22(3)42-30(21(2)35(48)43(42)34(20)47)18-54-19-31(45)39-26(15-23-9-5-4-6-10-23)33(46)40-27(36(49)41-14-8-13-29(41)37(50)51)16-24-17-38-25-11-7-12-28(32(24)25)44(52)53/h4-7,9-12,17,26-27,29,38H,8,13-16,18-19H2,1-3H3,(H,39,45)(H,40,46)(H,50,51)/t26-,27-,29-/m0/s1. The predicted octanol–water partition coefficient (Wildman–Crippen LogP) is 2.28. The molecule has 1 aliphatic rings. The minimum Gasteiger partial charge on any atom is -0.480 e. The third-order valence-corrected chi connectivity index (χ3v) is 10.9. The molecule has 5 aromatic rings. The van der Waals surface area contributed by atoms with Gasteiger partial charge in [0.15, 0.2) is 0 Å². The average molecular weight is 758 g/mol. The number of carboxylic acid groups (broad SMARTS) is 1. The smallest absolute Gasteiger partial charge is 0.326 e. The Morgan fingerprint density at radius 3 is 2.39 bits per heavy atom. The summed E-state index contributed by atoms with van der Waals surface area (Å²) >= 11 is 1.19. The number of aromatic nitrogens is 3. The second kappa shape index (κ2) is 15.6. The molecule has 1 fully saturated rings. The summed E-state index contributed by atoms with van der Waals surface area (Å²) in [5.41, 5.74) is 2.57. The van der Waals surface area contributed by atoms with Gasteiger partial charge < -0.3 is 25.6 Å². The number of amides is 3. The van der Waals surface area contributed by atoms with Gasteiger partial charge in [-0.05, 0) is 50.8 Å². The van der Waals surface area contributed by atoms with Crippen LogP contribution in [-0.2, 0) is 37.8 Å². The number of hydrogen-bond acceptors (Lipinski definition) is 9. The molecule has 6 rings (SSSR count). The summed E-state index contributed by atoms with van der Waals surface area (Å²) in [4.78, 5) is 94.8. The summed E-state index contributed by atoms with van der Waals surface area (Å²) in [6, 6.07) is 9.82. The largest absolute Gasteiger partial charge is 0.480 e. The number of aromatic amines is 1. The summed E-state index contributed by atoms with van der Waals surface area (Å²) < 4.78 is 2.66. The molecule has 282 valence electrons. The first-order valence-corrected chi connectivity index (χ1v) is 18.5. The van der Waals surface area contributed by atoms with E-state index in [0.717, 1.165) is 4.52 Å². The first kappa shape index (κ1) is 37.8. The van der Waals surface area contributed by atoms with Gasteiger partial charge in [0.1, 0.15) is 18.1 Å². The molecule has 16 nitrogen and oxygen atoms in total. The van der Waals surface area contributed by atoms with E-state index >= 15 is 0 Å². The number of nitrogens with one attached hydrogen (secondary N) is 3. The fraction of sp³-hybridized carbons (Fsp3) is 0.351. The lowest BCUT2D eigenvalue weighted by atomic mass is 10.0. The van der Waals surface area contributed by atoms with Crippen molar-refractivity contribution < 1.29 is 29.2 Å². The summed E-state index contributed by atoms with van der Waals surface area (Å²) in [6.07, 6.45) is 2.05. The Balaban J connectivity index is 1.25. The average Bonchev–Trinajstić information content (AvgIpc) is 3.91. The SMILES string of the molecule is Cc1c(C)n2c(CSCC(=O)N[C@@H](Cc3ccccc3)C(=O)N[C@@H](Cc3c[nH]c4cccc([N+](=O)[O-])c34)C(=O)N3CCC[C@H]3C(=O)O)c(C)c(=O)n2c1=O. The number of fused-ring (bicyclic) bond motifs is 2. The van der Waals surface area contributed by atoms with Crippen LogP contribution >= 0.6 is 11.8 Å². The molecule has 3 amide bonds. The highest BCUT2D eigenvalue weighted by Gasteiger charge is 2.39. The molecular weight excluding hydrogens is 719 g/mol. The normalized spacial score (nSPS) is 15.4. The van der Waals surface area contributed by atoms with Gasteiger partial charge in [-0.15, -0.1) is 11.8 Å². The summed E-state index contributed by atoms with van der Waals surface area (Å²) in [6.45, 7) is 5.16. The fourth-order valence-corrected chi connectivity index (χ4v) is 8.00. The number of carbonyl (C=O) groups is 4. The Labute approximate surface area is 312 Å². The lowest BCUT2D eigenvalue weighted by Gasteiger charge is -2.29. The minimum absolute atomic E-state index is 0.0525. The van der Waals surface area contributed by atoms with Gasteiger partial charge in [0.25, 0.3) is 16.8 Å². The molecule has 0 bridgehead atoms. The number of thioether (sulfide) groups is 1. The first-order chi connectivity index (χ1) is 25.8. The summed E-state index contributed by atoms with van der Waals surface area (Å²) in [7, 11) is 0. The van der Waals surface area contributed by atoms with Crippen molar-refractivity contribution in [2.24, 2.45) is 0 Å². The maximum atomic E-state index is 14.2. The van der Waals surface area contributed by atoms with E-state index in [1.807, 2.05) is 0 Å². The highest BCUT2D eigenvalue weighted by Crippen LogP contribution is 2.30. The van der Waals surface area contributed by atoms with E-state index in [-0.39, 0.29) is 48.4 Å². The zero-order chi connectivity index (χ0) is 38.8. The number of rotatable bonds is 14. The van der Waals surface area contributed by atoms with Gasteiger partial charge >= 0.3 is 5.97 Å². The minimum atomic E-state index is -1.33. The molecule has 1 aliphatic heterocycles. The zero-order valence-corrected chi connectivity index (χ0v) is 30.6. The number of nitro benzene ring substituents is 1. The van der Waals surface area contributed by atoms with Crippen LogP contribution in [0.3, 0.4) is 0 Å². The Hall–Kier alpha value is -5.97. The van der Waals surface area contributed by atoms with E-state index in [9.17, 15) is 44.0 Å². The van der Waals surface area contributed by atoms with Gasteiger partial charge in [-0.2, -0.15) is 4.52 Å². The number of nitrogens with zero attached hydrogens (tertiary/aromatic N) is 4. The Bertz CT molecular complexity index is 2390.